The first-order valence-corrected chi connectivity index (χ1v) is 8.96. The van der Waals surface area contributed by atoms with Gasteiger partial charge in [-0.25, -0.2) is 13.1 Å². The number of ether oxygens (including phenoxy) is 1. The Hall–Kier alpha value is -1.57. The molecule has 1 aromatic heterocycles. The van der Waals surface area contributed by atoms with Gasteiger partial charge in [-0.2, -0.15) is 5.10 Å². The molecule has 0 aliphatic carbocycles. The van der Waals surface area contributed by atoms with Crippen LogP contribution in [0.2, 0.25) is 5.02 Å². The van der Waals surface area contributed by atoms with Gasteiger partial charge in [-0.05, 0) is 45.0 Å². The van der Waals surface area contributed by atoms with Crippen LogP contribution >= 0.6 is 11.6 Å². The maximum absolute atomic E-state index is 12.4. The standard InChI is InChI=1S/C15H20ClN3O3S/c1-10-7-12(3)19(17-10)9-11(2)18-23(20,21)13-5-6-15(22-4)14(16)8-13/h5-8,11,18H,9H2,1-4H3. The molecule has 126 valence electrons. The molecule has 0 bridgehead atoms. The zero-order valence-electron chi connectivity index (χ0n) is 13.5. The maximum Gasteiger partial charge on any atom is 0.240 e. The van der Waals surface area contributed by atoms with E-state index in [-0.39, 0.29) is 16.0 Å². The van der Waals surface area contributed by atoms with Crippen LogP contribution in [0.3, 0.4) is 0 Å². The van der Waals surface area contributed by atoms with Crippen LogP contribution in [-0.2, 0) is 16.6 Å². The largest absolute Gasteiger partial charge is 0.495 e. The summed E-state index contributed by atoms with van der Waals surface area (Å²) in [5.41, 5.74) is 1.89. The zero-order valence-corrected chi connectivity index (χ0v) is 15.1. The van der Waals surface area contributed by atoms with Crippen molar-refractivity contribution < 1.29 is 13.2 Å². The molecule has 0 aliphatic heterocycles. The Labute approximate surface area is 141 Å². The molecule has 2 aromatic rings. The van der Waals surface area contributed by atoms with Crippen molar-refractivity contribution in [2.75, 3.05) is 7.11 Å². The molecule has 8 heteroatoms. The smallest absolute Gasteiger partial charge is 0.240 e. The molecule has 23 heavy (non-hydrogen) atoms. The second-order valence-electron chi connectivity index (χ2n) is 5.43. The summed E-state index contributed by atoms with van der Waals surface area (Å²) in [5, 5.41) is 4.59. The number of hydrogen-bond acceptors (Lipinski definition) is 4. The minimum Gasteiger partial charge on any atom is -0.495 e. The van der Waals surface area contributed by atoms with Gasteiger partial charge >= 0.3 is 0 Å². The van der Waals surface area contributed by atoms with Gasteiger partial charge in [-0.1, -0.05) is 11.6 Å². The highest BCUT2D eigenvalue weighted by Crippen LogP contribution is 2.26. The number of aryl methyl sites for hydroxylation is 2. The van der Waals surface area contributed by atoms with E-state index in [1.54, 1.807) is 11.6 Å². The molecule has 0 aliphatic rings. The summed E-state index contributed by atoms with van der Waals surface area (Å²) < 4.78 is 34.3. The van der Waals surface area contributed by atoms with Gasteiger partial charge in [0, 0.05) is 11.7 Å². The van der Waals surface area contributed by atoms with Crippen molar-refractivity contribution in [1.29, 1.82) is 0 Å². The number of nitrogens with one attached hydrogen (secondary N) is 1. The highest BCUT2D eigenvalue weighted by Gasteiger charge is 2.19. The summed E-state index contributed by atoms with van der Waals surface area (Å²) in [6, 6.07) is 5.99. The van der Waals surface area contributed by atoms with Crippen molar-refractivity contribution in [2.24, 2.45) is 0 Å². The molecule has 0 saturated carbocycles. The fourth-order valence-electron chi connectivity index (χ4n) is 2.30. The van der Waals surface area contributed by atoms with Crippen LogP contribution in [0.5, 0.6) is 5.75 Å². The number of methoxy groups -OCH3 is 1. The SMILES string of the molecule is COc1ccc(S(=O)(=O)NC(C)Cn2nc(C)cc2C)cc1Cl. The molecule has 0 amide bonds. The van der Waals surface area contributed by atoms with E-state index >= 15 is 0 Å². The van der Waals surface area contributed by atoms with Gasteiger partial charge in [0.05, 0.1) is 29.3 Å². The molecular formula is C15H20ClN3O3S. The van der Waals surface area contributed by atoms with Gasteiger partial charge in [-0.3, -0.25) is 4.68 Å². The number of benzene rings is 1. The predicted molar refractivity (Wildman–Crippen MR) is 89.5 cm³/mol. The third-order valence-corrected chi connectivity index (χ3v) is 5.22. The van der Waals surface area contributed by atoms with Gasteiger partial charge in [0.15, 0.2) is 0 Å². The van der Waals surface area contributed by atoms with Crippen molar-refractivity contribution in [3.63, 3.8) is 0 Å². The van der Waals surface area contributed by atoms with Gasteiger partial charge in [-0.15, -0.1) is 0 Å². The van der Waals surface area contributed by atoms with Crippen molar-refractivity contribution in [3.8, 4) is 5.75 Å². The lowest BCUT2D eigenvalue weighted by molar-refractivity contribution is 0.414. The van der Waals surface area contributed by atoms with E-state index in [2.05, 4.69) is 9.82 Å². The Morgan fingerprint density at radius 2 is 2.04 bits per heavy atom. The highest BCUT2D eigenvalue weighted by atomic mass is 35.5. The Bertz CT molecular complexity index is 802. The lowest BCUT2D eigenvalue weighted by Crippen LogP contribution is -2.36. The van der Waals surface area contributed by atoms with E-state index in [1.807, 2.05) is 19.9 Å². The van der Waals surface area contributed by atoms with Crippen LogP contribution in [-0.4, -0.2) is 31.3 Å². The Morgan fingerprint density at radius 1 is 1.35 bits per heavy atom. The molecule has 0 fully saturated rings. The monoisotopic (exact) mass is 357 g/mol. The van der Waals surface area contributed by atoms with Crippen LogP contribution in [0.25, 0.3) is 0 Å². The number of nitrogens with zero attached hydrogens (tertiary/aromatic N) is 2. The van der Waals surface area contributed by atoms with E-state index < -0.39 is 10.0 Å². The highest BCUT2D eigenvalue weighted by molar-refractivity contribution is 7.89. The summed E-state index contributed by atoms with van der Waals surface area (Å²) in [6.45, 7) is 6.07. The van der Waals surface area contributed by atoms with E-state index in [9.17, 15) is 8.42 Å². The zero-order chi connectivity index (χ0) is 17.2. The number of sulfonamides is 1. The van der Waals surface area contributed by atoms with E-state index in [0.717, 1.165) is 11.4 Å². The van der Waals surface area contributed by atoms with Crippen molar-refractivity contribution in [2.45, 2.75) is 38.3 Å². The number of halogens is 1. The summed E-state index contributed by atoms with van der Waals surface area (Å²) in [6.07, 6.45) is 0. The molecule has 1 atom stereocenters. The van der Waals surface area contributed by atoms with Gasteiger partial charge in [0.25, 0.3) is 0 Å². The molecular weight excluding hydrogens is 338 g/mol. The molecule has 1 N–H and O–H groups in total. The Kier molecular flexibility index (Phi) is 5.33. The fourth-order valence-corrected chi connectivity index (χ4v) is 3.89. The fraction of sp³-hybridized carbons (Fsp3) is 0.400. The molecule has 1 heterocycles. The van der Waals surface area contributed by atoms with Gasteiger partial charge in [0.1, 0.15) is 5.75 Å². The normalized spacial score (nSPS) is 13.1. The first-order chi connectivity index (χ1) is 10.7. The number of aromatic nitrogens is 2. The molecule has 1 aromatic carbocycles. The van der Waals surface area contributed by atoms with Gasteiger partial charge < -0.3 is 4.74 Å². The maximum atomic E-state index is 12.4. The summed E-state index contributed by atoms with van der Waals surface area (Å²) >= 11 is 5.99. The van der Waals surface area contributed by atoms with Crippen LogP contribution in [0, 0.1) is 13.8 Å². The summed E-state index contributed by atoms with van der Waals surface area (Å²) in [7, 11) is -2.19. The first-order valence-electron chi connectivity index (χ1n) is 7.10. The van der Waals surface area contributed by atoms with Crippen LogP contribution in [0.4, 0.5) is 0 Å². The lowest BCUT2D eigenvalue weighted by Gasteiger charge is -2.16. The topological polar surface area (TPSA) is 73.2 Å². The second kappa shape index (κ2) is 6.90. The van der Waals surface area contributed by atoms with E-state index in [0.29, 0.717) is 12.3 Å². The number of hydrogen-bond donors (Lipinski definition) is 1. The van der Waals surface area contributed by atoms with Crippen molar-refractivity contribution >= 4 is 21.6 Å². The summed E-state index contributed by atoms with van der Waals surface area (Å²) in [5.74, 6) is 0.432. The van der Waals surface area contributed by atoms with Crippen LogP contribution in [0.15, 0.2) is 29.2 Å². The third-order valence-electron chi connectivity index (χ3n) is 3.34. The average molecular weight is 358 g/mol. The Balaban J connectivity index is 2.14. The number of rotatable bonds is 6. The molecule has 6 nitrogen and oxygen atoms in total. The van der Waals surface area contributed by atoms with E-state index in [1.165, 1.54) is 25.3 Å². The predicted octanol–water partition coefficient (Wildman–Crippen LogP) is 2.53. The Morgan fingerprint density at radius 3 is 2.57 bits per heavy atom. The van der Waals surface area contributed by atoms with Crippen LogP contribution < -0.4 is 9.46 Å². The van der Waals surface area contributed by atoms with E-state index in [4.69, 9.17) is 16.3 Å². The first kappa shape index (κ1) is 17.8. The molecule has 0 radical (unpaired) electrons. The lowest BCUT2D eigenvalue weighted by atomic mass is 10.3. The third kappa shape index (κ3) is 4.25. The molecule has 0 saturated heterocycles. The minimum absolute atomic E-state index is 0.100. The molecule has 1 unspecified atom stereocenters. The van der Waals surface area contributed by atoms with Crippen molar-refractivity contribution in [3.05, 3.63) is 40.7 Å². The van der Waals surface area contributed by atoms with Gasteiger partial charge in [0.2, 0.25) is 10.0 Å². The quantitative estimate of drug-likeness (QED) is 0.862. The average Bonchev–Trinajstić information content (AvgIpc) is 2.75. The summed E-state index contributed by atoms with van der Waals surface area (Å²) in [4.78, 5) is 0.100. The minimum atomic E-state index is -3.66. The molecule has 0 spiro atoms. The molecule has 2 rings (SSSR count). The van der Waals surface area contributed by atoms with Crippen molar-refractivity contribution in [1.82, 2.24) is 14.5 Å². The van der Waals surface area contributed by atoms with Crippen LogP contribution in [0.1, 0.15) is 18.3 Å². The second-order valence-corrected chi connectivity index (χ2v) is 7.55.